The third-order valence-electron chi connectivity index (χ3n) is 7.16. The third kappa shape index (κ3) is 5.07. The fourth-order valence-electron chi connectivity index (χ4n) is 5.27. The van der Waals surface area contributed by atoms with Crippen molar-refractivity contribution < 1.29 is 19.2 Å². The summed E-state index contributed by atoms with van der Waals surface area (Å²) in [6.07, 6.45) is 1.05. The molecule has 4 rings (SSSR count). The molecule has 3 heterocycles. The van der Waals surface area contributed by atoms with Crippen molar-refractivity contribution in [2.75, 3.05) is 52.9 Å². The number of rotatable bonds is 6. The highest BCUT2D eigenvalue weighted by Crippen LogP contribution is 2.31. The molecule has 10 nitrogen and oxygen atoms in total. The van der Waals surface area contributed by atoms with E-state index in [4.69, 9.17) is 0 Å². The highest BCUT2D eigenvalue weighted by Gasteiger charge is 2.51. The Balaban J connectivity index is 1.40. The van der Waals surface area contributed by atoms with Crippen molar-refractivity contribution in [3.8, 4) is 0 Å². The number of piperidine rings is 1. The summed E-state index contributed by atoms with van der Waals surface area (Å²) in [4.78, 5) is 57.5. The number of nitrogens with zero attached hydrogens (tertiary/aromatic N) is 4. The molecule has 0 spiro atoms. The average Bonchev–Trinajstić information content (AvgIpc) is 2.85. The molecule has 0 aliphatic carbocycles. The lowest BCUT2D eigenvalue weighted by Gasteiger charge is -2.52. The summed E-state index contributed by atoms with van der Waals surface area (Å²) in [7, 11) is 1.68. The van der Waals surface area contributed by atoms with E-state index in [2.05, 4.69) is 15.5 Å². The van der Waals surface area contributed by atoms with Gasteiger partial charge in [0.1, 0.15) is 6.54 Å². The van der Waals surface area contributed by atoms with Gasteiger partial charge in [-0.3, -0.25) is 29.5 Å². The van der Waals surface area contributed by atoms with E-state index in [1.807, 2.05) is 35.2 Å². The molecular formula is C24H34N6O4. The summed E-state index contributed by atoms with van der Waals surface area (Å²) in [5.74, 6) is -1.05. The van der Waals surface area contributed by atoms with Gasteiger partial charge < -0.3 is 15.1 Å². The Hall–Kier alpha value is -2.98. The summed E-state index contributed by atoms with van der Waals surface area (Å²) >= 11 is 0. The van der Waals surface area contributed by atoms with Crippen molar-refractivity contribution in [1.82, 2.24) is 30.2 Å². The van der Waals surface area contributed by atoms with Crippen LogP contribution in [0.2, 0.25) is 0 Å². The van der Waals surface area contributed by atoms with Crippen molar-refractivity contribution in [3.63, 3.8) is 0 Å². The van der Waals surface area contributed by atoms with Crippen LogP contribution in [-0.2, 0) is 20.8 Å². The molecular weight excluding hydrogens is 436 g/mol. The molecule has 3 fully saturated rings. The quantitative estimate of drug-likeness (QED) is 0.592. The number of piperazine rings is 1. The Morgan fingerprint density at radius 2 is 1.79 bits per heavy atom. The first-order valence-corrected chi connectivity index (χ1v) is 12.0. The number of carbonyl (C=O) groups excluding carboxylic acids is 4. The van der Waals surface area contributed by atoms with Gasteiger partial charge in [-0.05, 0) is 24.9 Å². The average molecular weight is 471 g/mol. The first-order chi connectivity index (χ1) is 16.4. The number of amides is 5. The van der Waals surface area contributed by atoms with Crippen molar-refractivity contribution >= 4 is 23.8 Å². The molecule has 0 saturated carbocycles. The normalized spacial score (nSPS) is 25.8. The van der Waals surface area contributed by atoms with E-state index in [0.29, 0.717) is 45.7 Å². The van der Waals surface area contributed by atoms with E-state index < -0.39 is 18.1 Å². The molecule has 3 saturated heterocycles. The summed E-state index contributed by atoms with van der Waals surface area (Å²) in [5.41, 5.74) is 1.11. The van der Waals surface area contributed by atoms with Crippen LogP contribution in [0.3, 0.4) is 0 Å². The Kier molecular flexibility index (Phi) is 7.47. The van der Waals surface area contributed by atoms with Gasteiger partial charge in [-0.15, -0.1) is 0 Å². The highest BCUT2D eigenvalue weighted by atomic mass is 16.2. The second-order valence-electron chi connectivity index (χ2n) is 9.23. The molecule has 3 atom stereocenters. The summed E-state index contributed by atoms with van der Waals surface area (Å²) in [6, 6.07) is 9.31. The van der Waals surface area contributed by atoms with Crippen molar-refractivity contribution in [3.05, 3.63) is 35.9 Å². The molecule has 1 aromatic carbocycles. The van der Waals surface area contributed by atoms with Crippen LogP contribution >= 0.6 is 0 Å². The lowest BCUT2D eigenvalue weighted by atomic mass is 9.85. The summed E-state index contributed by atoms with van der Waals surface area (Å²) in [6.45, 7) is 5.07. The van der Waals surface area contributed by atoms with E-state index in [1.165, 1.54) is 0 Å². The van der Waals surface area contributed by atoms with Gasteiger partial charge in [0, 0.05) is 52.7 Å². The van der Waals surface area contributed by atoms with Gasteiger partial charge in [-0.25, -0.2) is 4.79 Å². The van der Waals surface area contributed by atoms with Crippen LogP contribution in [0.25, 0.3) is 0 Å². The molecule has 1 aromatic rings. The Bertz CT molecular complexity index is 917. The Morgan fingerprint density at radius 3 is 2.47 bits per heavy atom. The van der Waals surface area contributed by atoms with Gasteiger partial charge in [0.05, 0.1) is 12.1 Å². The smallest absolute Gasteiger partial charge is 0.328 e. The fraction of sp³-hybridized carbons (Fsp3) is 0.583. The van der Waals surface area contributed by atoms with E-state index in [9.17, 15) is 19.2 Å². The Morgan fingerprint density at radius 1 is 1.09 bits per heavy atom. The van der Waals surface area contributed by atoms with Gasteiger partial charge in [-0.1, -0.05) is 30.3 Å². The number of benzene rings is 1. The minimum Gasteiger partial charge on any atom is -0.354 e. The van der Waals surface area contributed by atoms with E-state index >= 15 is 0 Å². The maximum atomic E-state index is 13.5. The summed E-state index contributed by atoms with van der Waals surface area (Å²) < 4.78 is 0. The van der Waals surface area contributed by atoms with Crippen LogP contribution in [0.5, 0.6) is 0 Å². The first kappa shape index (κ1) is 24.2. The lowest BCUT2D eigenvalue weighted by Crippen LogP contribution is -2.72. The maximum absolute atomic E-state index is 13.5. The van der Waals surface area contributed by atoms with Gasteiger partial charge in [0.15, 0.2) is 0 Å². The molecule has 0 aromatic heterocycles. The zero-order valence-electron chi connectivity index (χ0n) is 19.9. The molecule has 3 unspecified atom stereocenters. The van der Waals surface area contributed by atoms with Gasteiger partial charge in [-0.2, -0.15) is 0 Å². The lowest BCUT2D eigenvalue weighted by molar-refractivity contribution is -0.148. The number of imide groups is 1. The number of nitrogens with one attached hydrogen (secondary N) is 2. The number of hydrogen-bond acceptors (Lipinski definition) is 6. The zero-order chi connectivity index (χ0) is 24.2. The van der Waals surface area contributed by atoms with E-state index in [-0.39, 0.29) is 30.3 Å². The summed E-state index contributed by atoms with van der Waals surface area (Å²) in [5, 5.41) is 6.15. The number of fused-ring (bicyclic) bond motifs is 1. The van der Waals surface area contributed by atoms with Crippen LogP contribution in [0.15, 0.2) is 30.3 Å². The predicted octanol–water partition coefficient (Wildman–Crippen LogP) is -0.292. The van der Waals surface area contributed by atoms with Crippen molar-refractivity contribution in [2.24, 2.45) is 5.92 Å². The first-order valence-electron chi connectivity index (χ1n) is 12.0. The number of urea groups is 1. The molecule has 0 bridgehead atoms. The minimum atomic E-state index is -0.461. The van der Waals surface area contributed by atoms with Crippen LogP contribution in [0.4, 0.5) is 4.79 Å². The van der Waals surface area contributed by atoms with E-state index in [0.717, 1.165) is 16.9 Å². The van der Waals surface area contributed by atoms with Gasteiger partial charge in [0.2, 0.25) is 17.7 Å². The topological polar surface area (TPSA) is 105 Å². The largest absolute Gasteiger partial charge is 0.354 e. The molecule has 5 amide bonds. The maximum Gasteiger partial charge on any atom is 0.328 e. The number of carbonyl (C=O) groups is 4. The molecule has 10 heteroatoms. The van der Waals surface area contributed by atoms with Crippen molar-refractivity contribution in [1.29, 1.82) is 0 Å². The van der Waals surface area contributed by atoms with Gasteiger partial charge >= 0.3 is 6.03 Å². The standard InChI is InChI=1S/C24H34N6O4/c1-17(31)28-12-14-29(15-13-28)19-9-11-26-22-21(19)23(33)30(24(34)27(22)2)16-20(32)25-10-8-18-6-4-3-5-7-18/h3-7,19,21-22,26H,8-16H2,1-2H3,(H,25,32). The molecule has 3 aliphatic heterocycles. The second kappa shape index (κ2) is 10.5. The predicted molar refractivity (Wildman–Crippen MR) is 126 cm³/mol. The van der Waals surface area contributed by atoms with Crippen LogP contribution in [-0.4, -0.2) is 108 Å². The second-order valence-corrected chi connectivity index (χ2v) is 9.23. The fourth-order valence-corrected chi connectivity index (χ4v) is 5.27. The Labute approximate surface area is 200 Å². The third-order valence-corrected chi connectivity index (χ3v) is 7.16. The monoisotopic (exact) mass is 470 g/mol. The highest BCUT2D eigenvalue weighted by molar-refractivity contribution is 6.02. The van der Waals surface area contributed by atoms with Crippen LogP contribution < -0.4 is 10.6 Å². The minimum absolute atomic E-state index is 0.0490. The van der Waals surface area contributed by atoms with Gasteiger partial charge in [0.25, 0.3) is 0 Å². The number of hydrogen-bond donors (Lipinski definition) is 2. The molecule has 3 aliphatic rings. The van der Waals surface area contributed by atoms with Crippen LogP contribution in [0.1, 0.15) is 18.9 Å². The van der Waals surface area contributed by atoms with Crippen molar-refractivity contribution in [2.45, 2.75) is 32.0 Å². The van der Waals surface area contributed by atoms with E-state index in [1.54, 1.807) is 18.9 Å². The van der Waals surface area contributed by atoms with Crippen LogP contribution in [0, 0.1) is 5.92 Å². The molecule has 34 heavy (non-hydrogen) atoms. The molecule has 184 valence electrons. The SMILES string of the molecule is CC(=O)N1CCN(C2CCNC3C2C(=O)N(CC(=O)NCCc2ccccc2)C(=O)N3C)CC1. The zero-order valence-corrected chi connectivity index (χ0v) is 19.9. The molecule has 2 N–H and O–H groups in total. The molecule has 0 radical (unpaired) electrons.